The van der Waals surface area contributed by atoms with Crippen LogP contribution in [0.15, 0.2) is 24.3 Å². The number of rotatable bonds is 8. The summed E-state index contributed by atoms with van der Waals surface area (Å²) in [5, 5.41) is 0. The van der Waals surface area contributed by atoms with Crippen molar-refractivity contribution in [1.29, 1.82) is 0 Å². The van der Waals surface area contributed by atoms with Gasteiger partial charge in [-0.2, -0.15) is 0 Å². The maximum absolute atomic E-state index is 2.36. The Morgan fingerprint density at radius 2 is 1.40 bits per heavy atom. The standard InChI is InChI=1S/C19H34N/c1-7-12-20(13-16(2)3,14-17(4)5)15-19-10-8-18(6)9-11-19/h8-11,16-17H,7,12-15H2,1-6H3/q+1. The third-order valence-electron chi connectivity index (χ3n) is 3.84. The molecule has 0 aliphatic rings. The van der Waals surface area contributed by atoms with Crippen molar-refractivity contribution < 1.29 is 4.48 Å². The lowest BCUT2D eigenvalue weighted by Gasteiger charge is -2.41. The molecule has 0 amide bonds. The predicted molar refractivity (Wildman–Crippen MR) is 89.7 cm³/mol. The fraction of sp³-hybridized carbons (Fsp3) is 0.684. The zero-order valence-corrected chi connectivity index (χ0v) is 14.4. The molecule has 20 heavy (non-hydrogen) atoms. The molecule has 1 nitrogen and oxygen atoms in total. The second-order valence-corrected chi connectivity index (χ2v) is 7.36. The van der Waals surface area contributed by atoms with Gasteiger partial charge in [0.2, 0.25) is 0 Å². The van der Waals surface area contributed by atoms with Gasteiger partial charge in [-0.15, -0.1) is 0 Å². The van der Waals surface area contributed by atoms with Gasteiger partial charge in [-0.1, -0.05) is 64.4 Å². The Morgan fingerprint density at radius 1 is 0.900 bits per heavy atom. The molecule has 0 aliphatic carbocycles. The van der Waals surface area contributed by atoms with Crippen LogP contribution in [0.3, 0.4) is 0 Å². The summed E-state index contributed by atoms with van der Waals surface area (Å²) in [4.78, 5) is 0. The Hall–Kier alpha value is -0.820. The lowest BCUT2D eigenvalue weighted by Crippen LogP contribution is -2.52. The molecule has 1 aromatic rings. The average molecular weight is 276 g/mol. The van der Waals surface area contributed by atoms with Crippen LogP contribution in [0.5, 0.6) is 0 Å². The summed E-state index contributed by atoms with van der Waals surface area (Å²) in [6, 6.07) is 9.14. The van der Waals surface area contributed by atoms with Gasteiger partial charge in [0.25, 0.3) is 0 Å². The molecule has 114 valence electrons. The molecule has 1 heteroatoms. The van der Waals surface area contributed by atoms with Crippen molar-refractivity contribution in [2.24, 2.45) is 11.8 Å². The van der Waals surface area contributed by atoms with E-state index in [1.54, 1.807) is 0 Å². The van der Waals surface area contributed by atoms with Gasteiger partial charge >= 0.3 is 0 Å². The normalized spacial score (nSPS) is 12.4. The Balaban J connectivity index is 2.96. The van der Waals surface area contributed by atoms with Gasteiger partial charge in [0, 0.05) is 17.4 Å². The molecule has 0 radical (unpaired) electrons. The molecule has 1 rings (SSSR count). The quantitative estimate of drug-likeness (QED) is 0.584. The Kier molecular flexibility index (Phi) is 6.75. The zero-order valence-electron chi connectivity index (χ0n) is 14.4. The Bertz CT molecular complexity index is 365. The lowest BCUT2D eigenvalue weighted by atomic mass is 10.0. The fourth-order valence-corrected chi connectivity index (χ4v) is 3.57. The summed E-state index contributed by atoms with van der Waals surface area (Å²) in [7, 11) is 0. The molecule has 0 fully saturated rings. The molecule has 0 saturated carbocycles. The average Bonchev–Trinajstić information content (AvgIpc) is 2.30. The van der Waals surface area contributed by atoms with Crippen LogP contribution >= 0.6 is 0 Å². The lowest BCUT2D eigenvalue weighted by molar-refractivity contribution is -0.946. The number of hydrogen-bond donors (Lipinski definition) is 0. The van der Waals surface area contributed by atoms with Gasteiger partial charge in [-0.25, -0.2) is 0 Å². The first-order chi connectivity index (χ1) is 9.37. The first-order valence-electron chi connectivity index (χ1n) is 8.27. The minimum atomic E-state index is 0.755. The van der Waals surface area contributed by atoms with Gasteiger partial charge in [0.05, 0.1) is 19.6 Å². The molecule has 0 bridgehead atoms. The first-order valence-corrected chi connectivity index (χ1v) is 8.27. The second kappa shape index (κ2) is 7.83. The van der Waals surface area contributed by atoms with Crippen LogP contribution in [0.4, 0.5) is 0 Å². The van der Waals surface area contributed by atoms with E-state index in [1.807, 2.05) is 0 Å². The molecule has 0 unspecified atom stereocenters. The van der Waals surface area contributed by atoms with E-state index in [4.69, 9.17) is 0 Å². The van der Waals surface area contributed by atoms with Crippen LogP contribution in [0.2, 0.25) is 0 Å². The van der Waals surface area contributed by atoms with Crippen molar-refractivity contribution in [1.82, 2.24) is 0 Å². The zero-order chi connectivity index (χ0) is 15.2. The summed E-state index contributed by atoms with van der Waals surface area (Å²) in [5.74, 6) is 1.51. The van der Waals surface area contributed by atoms with E-state index in [2.05, 4.69) is 65.8 Å². The van der Waals surface area contributed by atoms with Crippen LogP contribution in [-0.2, 0) is 6.54 Å². The fourth-order valence-electron chi connectivity index (χ4n) is 3.57. The van der Waals surface area contributed by atoms with Crippen molar-refractivity contribution in [3.63, 3.8) is 0 Å². The highest BCUT2D eigenvalue weighted by Gasteiger charge is 2.29. The molecule has 0 saturated heterocycles. The molecular formula is C19H34N+. The Morgan fingerprint density at radius 3 is 1.80 bits per heavy atom. The number of quaternary nitrogens is 1. The van der Waals surface area contributed by atoms with E-state index in [9.17, 15) is 0 Å². The predicted octanol–water partition coefficient (Wildman–Crippen LogP) is 5.03. The van der Waals surface area contributed by atoms with Crippen molar-refractivity contribution in [3.8, 4) is 0 Å². The topological polar surface area (TPSA) is 0 Å². The molecular weight excluding hydrogens is 242 g/mol. The van der Waals surface area contributed by atoms with E-state index in [-0.39, 0.29) is 0 Å². The minimum absolute atomic E-state index is 0.755. The van der Waals surface area contributed by atoms with E-state index >= 15 is 0 Å². The van der Waals surface area contributed by atoms with E-state index in [0.717, 1.165) is 11.8 Å². The first kappa shape index (κ1) is 17.2. The number of aryl methyl sites for hydroxylation is 1. The van der Waals surface area contributed by atoms with Crippen molar-refractivity contribution in [2.45, 2.75) is 54.5 Å². The van der Waals surface area contributed by atoms with E-state index < -0.39 is 0 Å². The summed E-state index contributed by atoms with van der Waals surface area (Å²) < 4.78 is 1.24. The number of nitrogens with zero attached hydrogens (tertiary/aromatic N) is 1. The van der Waals surface area contributed by atoms with Crippen LogP contribution < -0.4 is 0 Å². The summed E-state index contributed by atoms with van der Waals surface area (Å²) >= 11 is 0. The van der Waals surface area contributed by atoms with Gasteiger partial charge < -0.3 is 4.48 Å². The molecule has 1 aromatic carbocycles. The van der Waals surface area contributed by atoms with Crippen LogP contribution in [0.25, 0.3) is 0 Å². The highest BCUT2D eigenvalue weighted by atomic mass is 15.4. The van der Waals surface area contributed by atoms with Crippen LogP contribution in [0.1, 0.15) is 52.2 Å². The molecule has 0 atom stereocenters. The van der Waals surface area contributed by atoms with Crippen molar-refractivity contribution in [3.05, 3.63) is 35.4 Å². The van der Waals surface area contributed by atoms with Crippen LogP contribution in [-0.4, -0.2) is 24.1 Å². The summed E-state index contributed by atoms with van der Waals surface area (Å²) in [6.45, 7) is 19.0. The van der Waals surface area contributed by atoms with Gasteiger partial charge in [0.15, 0.2) is 0 Å². The third-order valence-corrected chi connectivity index (χ3v) is 3.84. The number of hydrogen-bond acceptors (Lipinski definition) is 0. The maximum atomic E-state index is 2.36. The SMILES string of the molecule is CCC[N+](Cc1ccc(C)cc1)(CC(C)C)CC(C)C. The van der Waals surface area contributed by atoms with Crippen LogP contribution in [0, 0.1) is 18.8 Å². The third kappa shape index (κ3) is 5.66. The number of benzene rings is 1. The van der Waals surface area contributed by atoms with E-state index in [0.29, 0.717) is 0 Å². The molecule has 0 spiro atoms. The minimum Gasteiger partial charge on any atom is -0.319 e. The van der Waals surface area contributed by atoms with Crippen molar-refractivity contribution >= 4 is 0 Å². The van der Waals surface area contributed by atoms with Crippen molar-refractivity contribution in [2.75, 3.05) is 19.6 Å². The molecule has 0 aliphatic heterocycles. The second-order valence-electron chi connectivity index (χ2n) is 7.36. The van der Waals surface area contributed by atoms with Gasteiger partial charge in [-0.3, -0.25) is 0 Å². The Labute approximate surface area is 126 Å². The summed E-state index contributed by atoms with van der Waals surface area (Å²) in [5.41, 5.74) is 2.85. The maximum Gasteiger partial charge on any atom is 0.104 e. The molecule has 0 N–H and O–H groups in total. The molecule has 0 heterocycles. The van der Waals surface area contributed by atoms with Gasteiger partial charge in [0.1, 0.15) is 6.54 Å². The largest absolute Gasteiger partial charge is 0.319 e. The molecule has 0 aromatic heterocycles. The summed E-state index contributed by atoms with van der Waals surface area (Å²) in [6.07, 6.45) is 1.27. The highest BCUT2D eigenvalue weighted by Crippen LogP contribution is 2.21. The van der Waals surface area contributed by atoms with Gasteiger partial charge in [-0.05, 0) is 13.3 Å². The highest BCUT2D eigenvalue weighted by molar-refractivity contribution is 5.20. The monoisotopic (exact) mass is 276 g/mol. The van der Waals surface area contributed by atoms with E-state index in [1.165, 1.54) is 48.2 Å². The smallest absolute Gasteiger partial charge is 0.104 e.